The maximum absolute atomic E-state index is 11.9. The van der Waals surface area contributed by atoms with E-state index in [9.17, 15) is 4.79 Å². The van der Waals surface area contributed by atoms with Crippen LogP contribution >= 0.6 is 0 Å². The molecule has 1 heterocycles. The van der Waals surface area contributed by atoms with E-state index >= 15 is 0 Å². The molecule has 0 aliphatic heterocycles. The van der Waals surface area contributed by atoms with Crippen LogP contribution in [0, 0.1) is 0 Å². The largest absolute Gasteiger partial charge is 0.369 e. The number of nitrogens with one attached hydrogen (secondary N) is 1. The van der Waals surface area contributed by atoms with Crippen molar-refractivity contribution in [2.24, 2.45) is 0 Å². The summed E-state index contributed by atoms with van der Waals surface area (Å²) in [5.41, 5.74) is 1.35. The Balaban J connectivity index is 2.08. The molecule has 0 fully saturated rings. The van der Waals surface area contributed by atoms with Crippen LogP contribution in [0.2, 0.25) is 0 Å². The van der Waals surface area contributed by atoms with Crippen molar-refractivity contribution in [3.63, 3.8) is 0 Å². The number of hydrogen-bond donors (Lipinski definition) is 1. The molecule has 6 heteroatoms. The smallest absolute Gasteiger partial charge is 0.253 e. The average molecular weight is 317 g/mol. The van der Waals surface area contributed by atoms with Crippen molar-refractivity contribution in [3.8, 4) is 11.4 Å². The summed E-state index contributed by atoms with van der Waals surface area (Å²) >= 11 is 0. The number of nitrogens with zero attached hydrogens (tertiary/aromatic N) is 2. The molecule has 0 bridgehead atoms. The summed E-state index contributed by atoms with van der Waals surface area (Å²) in [5, 5.41) is 6.81. The average Bonchev–Trinajstić information content (AvgIpc) is 2.98. The number of anilines is 1. The zero-order valence-corrected chi connectivity index (χ0v) is 14.2. The Morgan fingerprint density at radius 1 is 1.30 bits per heavy atom. The van der Waals surface area contributed by atoms with Gasteiger partial charge >= 0.3 is 0 Å². The predicted molar refractivity (Wildman–Crippen MR) is 88.2 cm³/mol. The zero-order chi connectivity index (χ0) is 17.0. The molecule has 2 aromatic rings. The lowest BCUT2D eigenvalue weighted by atomic mass is 9.97. The first kappa shape index (κ1) is 17.1. The number of carbonyl (C=O) groups is 1. The number of ether oxygens (including phenoxy) is 1. The van der Waals surface area contributed by atoms with Crippen molar-refractivity contribution in [3.05, 3.63) is 30.2 Å². The van der Waals surface area contributed by atoms with E-state index in [1.807, 2.05) is 39.8 Å². The summed E-state index contributed by atoms with van der Waals surface area (Å²) in [5.74, 6) is 0.958. The molecule has 1 unspecified atom stereocenters. The van der Waals surface area contributed by atoms with Crippen LogP contribution in [0.1, 0.15) is 40.5 Å². The number of carbonyl (C=O) groups excluding carboxylic acids is 1. The molecule has 0 radical (unpaired) electrons. The van der Waals surface area contributed by atoms with E-state index < -0.39 is 6.10 Å². The van der Waals surface area contributed by atoms with E-state index in [1.54, 1.807) is 19.1 Å². The van der Waals surface area contributed by atoms with Crippen molar-refractivity contribution >= 4 is 11.6 Å². The molecule has 2 rings (SSSR count). The molecule has 0 aliphatic rings. The fraction of sp³-hybridized carbons (Fsp3) is 0.471. The Kier molecular flexibility index (Phi) is 5.15. The van der Waals surface area contributed by atoms with E-state index in [4.69, 9.17) is 9.26 Å². The molecule has 0 aliphatic carbocycles. The van der Waals surface area contributed by atoms with Gasteiger partial charge in [0.1, 0.15) is 6.10 Å². The van der Waals surface area contributed by atoms with Gasteiger partial charge in [0, 0.05) is 23.3 Å². The maximum atomic E-state index is 11.9. The second-order valence-electron chi connectivity index (χ2n) is 6.34. The van der Waals surface area contributed by atoms with Gasteiger partial charge in [-0.2, -0.15) is 4.98 Å². The highest BCUT2D eigenvalue weighted by atomic mass is 16.5. The fourth-order valence-electron chi connectivity index (χ4n) is 1.92. The second kappa shape index (κ2) is 6.91. The third kappa shape index (κ3) is 4.39. The Morgan fingerprint density at radius 2 is 1.96 bits per heavy atom. The van der Waals surface area contributed by atoms with E-state index in [0.717, 1.165) is 5.56 Å². The van der Waals surface area contributed by atoms with Gasteiger partial charge in [-0.25, -0.2) is 0 Å². The molecular weight excluding hydrogens is 294 g/mol. The lowest BCUT2D eigenvalue weighted by Crippen LogP contribution is -2.27. The minimum atomic E-state index is -0.480. The molecule has 124 valence electrons. The highest BCUT2D eigenvalue weighted by molar-refractivity contribution is 5.94. The summed E-state index contributed by atoms with van der Waals surface area (Å²) in [6, 6.07) is 7.30. The van der Waals surface area contributed by atoms with Crippen LogP contribution in [-0.4, -0.2) is 28.8 Å². The molecule has 6 nitrogen and oxygen atoms in total. The molecular formula is C17H23N3O3. The van der Waals surface area contributed by atoms with Crippen LogP contribution < -0.4 is 5.32 Å². The molecule has 23 heavy (non-hydrogen) atoms. The summed E-state index contributed by atoms with van der Waals surface area (Å²) in [4.78, 5) is 16.3. The molecule has 1 atom stereocenters. The maximum Gasteiger partial charge on any atom is 0.253 e. The van der Waals surface area contributed by atoms with Gasteiger partial charge in [0.2, 0.25) is 11.7 Å². The Labute approximate surface area is 136 Å². The SMILES string of the molecule is CCOC(C)C(=O)Nc1ccc(-c2noc(C(C)(C)C)n2)cc1. The molecule has 0 saturated carbocycles. The quantitative estimate of drug-likeness (QED) is 0.914. The van der Waals surface area contributed by atoms with E-state index in [1.165, 1.54) is 0 Å². The first-order valence-corrected chi connectivity index (χ1v) is 7.68. The van der Waals surface area contributed by atoms with Crippen molar-refractivity contribution in [2.45, 2.75) is 46.1 Å². The van der Waals surface area contributed by atoms with Crippen LogP contribution in [-0.2, 0) is 14.9 Å². The van der Waals surface area contributed by atoms with Gasteiger partial charge in [0.25, 0.3) is 5.91 Å². The first-order chi connectivity index (χ1) is 10.8. The zero-order valence-electron chi connectivity index (χ0n) is 14.2. The van der Waals surface area contributed by atoms with Crippen molar-refractivity contribution in [1.82, 2.24) is 10.1 Å². The monoisotopic (exact) mass is 317 g/mol. The van der Waals surface area contributed by atoms with Crippen LogP contribution in [0.5, 0.6) is 0 Å². The molecule has 0 saturated heterocycles. The van der Waals surface area contributed by atoms with Crippen LogP contribution in [0.4, 0.5) is 5.69 Å². The van der Waals surface area contributed by atoms with Gasteiger partial charge in [0.15, 0.2) is 0 Å². The number of rotatable bonds is 5. The van der Waals surface area contributed by atoms with Crippen LogP contribution in [0.3, 0.4) is 0 Å². The van der Waals surface area contributed by atoms with Crippen molar-refractivity contribution in [1.29, 1.82) is 0 Å². The summed E-state index contributed by atoms with van der Waals surface area (Å²) < 4.78 is 10.5. The molecule has 1 aromatic carbocycles. The summed E-state index contributed by atoms with van der Waals surface area (Å²) in [6.45, 7) is 10.1. The van der Waals surface area contributed by atoms with E-state index in [-0.39, 0.29) is 11.3 Å². The molecule has 1 aromatic heterocycles. The number of hydrogen-bond acceptors (Lipinski definition) is 5. The van der Waals surface area contributed by atoms with E-state index in [0.29, 0.717) is 24.0 Å². The van der Waals surface area contributed by atoms with Gasteiger partial charge in [-0.15, -0.1) is 0 Å². The van der Waals surface area contributed by atoms with Crippen molar-refractivity contribution in [2.75, 3.05) is 11.9 Å². The van der Waals surface area contributed by atoms with Gasteiger partial charge in [-0.3, -0.25) is 4.79 Å². The lowest BCUT2D eigenvalue weighted by Gasteiger charge is -2.12. The number of benzene rings is 1. The molecule has 1 amide bonds. The minimum Gasteiger partial charge on any atom is -0.369 e. The lowest BCUT2D eigenvalue weighted by molar-refractivity contribution is -0.126. The molecule has 1 N–H and O–H groups in total. The van der Waals surface area contributed by atoms with E-state index in [2.05, 4.69) is 15.5 Å². The Hall–Kier alpha value is -2.21. The third-order valence-corrected chi connectivity index (χ3v) is 3.26. The second-order valence-corrected chi connectivity index (χ2v) is 6.34. The predicted octanol–water partition coefficient (Wildman–Crippen LogP) is 3.40. The van der Waals surface area contributed by atoms with Crippen molar-refractivity contribution < 1.29 is 14.1 Å². The van der Waals surface area contributed by atoms with Crippen LogP contribution in [0.15, 0.2) is 28.8 Å². The fourth-order valence-corrected chi connectivity index (χ4v) is 1.92. The topological polar surface area (TPSA) is 77.2 Å². The Bertz CT molecular complexity index is 656. The Morgan fingerprint density at radius 3 is 2.48 bits per heavy atom. The van der Waals surface area contributed by atoms with Crippen LogP contribution in [0.25, 0.3) is 11.4 Å². The normalized spacial score (nSPS) is 12.9. The highest BCUT2D eigenvalue weighted by Crippen LogP contribution is 2.24. The van der Waals surface area contributed by atoms with Gasteiger partial charge < -0.3 is 14.6 Å². The summed E-state index contributed by atoms with van der Waals surface area (Å²) in [6.07, 6.45) is -0.480. The minimum absolute atomic E-state index is 0.172. The molecule has 0 spiro atoms. The van der Waals surface area contributed by atoms with Gasteiger partial charge in [0.05, 0.1) is 0 Å². The standard InChI is InChI=1S/C17H23N3O3/c1-6-22-11(2)15(21)18-13-9-7-12(8-10-13)14-19-16(23-20-14)17(3,4)5/h7-11H,6H2,1-5H3,(H,18,21). The first-order valence-electron chi connectivity index (χ1n) is 7.68. The van der Waals surface area contributed by atoms with Gasteiger partial charge in [-0.1, -0.05) is 25.9 Å². The summed E-state index contributed by atoms with van der Waals surface area (Å²) in [7, 11) is 0. The number of aromatic nitrogens is 2. The number of amides is 1. The third-order valence-electron chi connectivity index (χ3n) is 3.26. The highest BCUT2D eigenvalue weighted by Gasteiger charge is 2.22. The van der Waals surface area contributed by atoms with Gasteiger partial charge in [-0.05, 0) is 38.1 Å².